The van der Waals surface area contributed by atoms with Gasteiger partial charge in [0, 0.05) is 18.2 Å². The van der Waals surface area contributed by atoms with E-state index in [2.05, 4.69) is 41.2 Å². The highest BCUT2D eigenvalue weighted by atomic mass is 16.1. The Hall–Kier alpha value is -3.14. The third-order valence-corrected chi connectivity index (χ3v) is 4.16. The Labute approximate surface area is 154 Å². The zero-order valence-corrected chi connectivity index (χ0v) is 15.1. The number of aromatic nitrogens is 1. The van der Waals surface area contributed by atoms with E-state index in [1.54, 1.807) is 18.3 Å². The second-order valence-electron chi connectivity index (χ2n) is 6.43. The molecular weight excluding hydrogens is 322 g/mol. The first kappa shape index (κ1) is 17.7. The third-order valence-electron chi connectivity index (χ3n) is 4.16. The molecule has 26 heavy (non-hydrogen) atoms. The number of hydrogen-bond donors (Lipinski definition) is 1. The number of carbonyl (C=O) groups is 1. The van der Waals surface area contributed by atoms with Crippen molar-refractivity contribution < 1.29 is 4.79 Å². The number of nitrogens with one attached hydrogen (secondary N) is 1. The van der Waals surface area contributed by atoms with Crippen molar-refractivity contribution in [1.29, 1.82) is 0 Å². The standard InChI is InChI=1S/C22H23N3O/c1-17(2)25(16-18-9-5-3-6-10-18)21-14-13-20(15-23-21)24-22(26)19-11-7-4-8-12-19/h3-15,17H,16H2,1-2H3,(H,24,26). The van der Waals surface area contributed by atoms with Crippen LogP contribution in [0.3, 0.4) is 0 Å². The fourth-order valence-corrected chi connectivity index (χ4v) is 2.73. The van der Waals surface area contributed by atoms with Crippen molar-refractivity contribution in [3.63, 3.8) is 0 Å². The monoisotopic (exact) mass is 345 g/mol. The van der Waals surface area contributed by atoms with Crippen LogP contribution in [0.15, 0.2) is 79.0 Å². The van der Waals surface area contributed by atoms with E-state index >= 15 is 0 Å². The number of benzene rings is 2. The molecule has 0 aliphatic heterocycles. The van der Waals surface area contributed by atoms with E-state index in [-0.39, 0.29) is 5.91 Å². The molecule has 132 valence electrons. The van der Waals surface area contributed by atoms with Gasteiger partial charge in [-0.3, -0.25) is 4.79 Å². The largest absolute Gasteiger partial charge is 0.350 e. The second-order valence-corrected chi connectivity index (χ2v) is 6.43. The molecule has 3 aromatic rings. The molecule has 0 saturated carbocycles. The molecule has 0 unspecified atom stereocenters. The molecule has 0 fully saturated rings. The molecule has 0 atom stereocenters. The summed E-state index contributed by atoms with van der Waals surface area (Å²) in [5, 5.41) is 2.88. The molecule has 2 aromatic carbocycles. The first-order chi connectivity index (χ1) is 12.6. The van der Waals surface area contributed by atoms with Gasteiger partial charge in [-0.2, -0.15) is 0 Å². The van der Waals surface area contributed by atoms with Crippen molar-refractivity contribution in [3.05, 3.63) is 90.1 Å². The molecule has 0 aliphatic rings. The normalized spacial score (nSPS) is 10.6. The van der Waals surface area contributed by atoms with Gasteiger partial charge in [0.05, 0.1) is 11.9 Å². The SMILES string of the molecule is CC(C)N(Cc1ccccc1)c1ccc(NC(=O)c2ccccc2)cn1. The maximum absolute atomic E-state index is 12.2. The molecule has 4 heteroatoms. The minimum absolute atomic E-state index is 0.134. The van der Waals surface area contributed by atoms with E-state index in [9.17, 15) is 4.79 Å². The molecule has 1 N–H and O–H groups in total. The van der Waals surface area contributed by atoms with Crippen molar-refractivity contribution in [2.24, 2.45) is 0 Å². The van der Waals surface area contributed by atoms with E-state index in [1.807, 2.05) is 48.5 Å². The molecule has 0 radical (unpaired) electrons. The van der Waals surface area contributed by atoms with Gasteiger partial charge >= 0.3 is 0 Å². The Kier molecular flexibility index (Phi) is 5.64. The quantitative estimate of drug-likeness (QED) is 0.701. The summed E-state index contributed by atoms with van der Waals surface area (Å²) >= 11 is 0. The lowest BCUT2D eigenvalue weighted by atomic mass is 10.2. The highest BCUT2D eigenvalue weighted by Gasteiger charge is 2.13. The fraction of sp³-hybridized carbons (Fsp3) is 0.182. The molecule has 1 aromatic heterocycles. The maximum Gasteiger partial charge on any atom is 0.255 e. The van der Waals surface area contributed by atoms with Crippen molar-refractivity contribution >= 4 is 17.4 Å². The Morgan fingerprint density at radius 3 is 2.19 bits per heavy atom. The van der Waals surface area contributed by atoms with Crippen LogP contribution >= 0.6 is 0 Å². The predicted molar refractivity (Wildman–Crippen MR) is 106 cm³/mol. The van der Waals surface area contributed by atoms with Gasteiger partial charge in [-0.05, 0) is 43.7 Å². The zero-order chi connectivity index (χ0) is 18.4. The summed E-state index contributed by atoms with van der Waals surface area (Å²) < 4.78 is 0. The van der Waals surface area contributed by atoms with Gasteiger partial charge in [-0.25, -0.2) is 4.98 Å². The third kappa shape index (κ3) is 4.48. The van der Waals surface area contributed by atoms with Crippen LogP contribution in [0, 0.1) is 0 Å². The topological polar surface area (TPSA) is 45.2 Å². The van der Waals surface area contributed by atoms with Crippen LogP contribution in [-0.2, 0) is 6.54 Å². The molecule has 0 saturated heterocycles. The molecule has 4 nitrogen and oxygen atoms in total. The Balaban J connectivity index is 1.71. The van der Waals surface area contributed by atoms with Gasteiger partial charge in [0.15, 0.2) is 0 Å². The van der Waals surface area contributed by atoms with Crippen molar-refractivity contribution in [2.45, 2.75) is 26.4 Å². The van der Waals surface area contributed by atoms with Gasteiger partial charge in [0.25, 0.3) is 5.91 Å². The van der Waals surface area contributed by atoms with Crippen LogP contribution in [0.1, 0.15) is 29.8 Å². The molecule has 3 rings (SSSR count). The van der Waals surface area contributed by atoms with Gasteiger partial charge in [0.1, 0.15) is 5.82 Å². The van der Waals surface area contributed by atoms with E-state index in [0.29, 0.717) is 17.3 Å². The van der Waals surface area contributed by atoms with Gasteiger partial charge in [-0.1, -0.05) is 48.5 Å². The molecule has 0 aliphatic carbocycles. The maximum atomic E-state index is 12.2. The lowest BCUT2D eigenvalue weighted by Crippen LogP contribution is -2.30. The van der Waals surface area contributed by atoms with Crippen molar-refractivity contribution in [3.8, 4) is 0 Å². The summed E-state index contributed by atoms with van der Waals surface area (Å²) in [6.45, 7) is 5.09. The molecule has 1 heterocycles. The van der Waals surface area contributed by atoms with E-state index in [1.165, 1.54) is 5.56 Å². The first-order valence-electron chi connectivity index (χ1n) is 8.76. The van der Waals surface area contributed by atoms with E-state index in [0.717, 1.165) is 12.4 Å². The van der Waals surface area contributed by atoms with Crippen molar-refractivity contribution in [2.75, 3.05) is 10.2 Å². The van der Waals surface area contributed by atoms with E-state index < -0.39 is 0 Å². The Bertz CT molecular complexity index is 830. The number of anilines is 2. The summed E-state index contributed by atoms with van der Waals surface area (Å²) in [4.78, 5) is 19.0. The molecule has 1 amide bonds. The average molecular weight is 345 g/mol. The lowest BCUT2D eigenvalue weighted by Gasteiger charge is -2.28. The van der Waals surface area contributed by atoms with Crippen LogP contribution in [0.25, 0.3) is 0 Å². The number of hydrogen-bond acceptors (Lipinski definition) is 3. The van der Waals surface area contributed by atoms with Gasteiger partial charge in [0.2, 0.25) is 0 Å². The smallest absolute Gasteiger partial charge is 0.255 e. The highest BCUT2D eigenvalue weighted by molar-refractivity contribution is 6.04. The minimum Gasteiger partial charge on any atom is -0.350 e. The zero-order valence-electron chi connectivity index (χ0n) is 15.1. The fourth-order valence-electron chi connectivity index (χ4n) is 2.73. The van der Waals surface area contributed by atoms with Crippen LogP contribution in [0.5, 0.6) is 0 Å². The highest BCUT2D eigenvalue weighted by Crippen LogP contribution is 2.20. The molecular formula is C22H23N3O. The van der Waals surface area contributed by atoms with Crippen LogP contribution in [-0.4, -0.2) is 16.9 Å². The van der Waals surface area contributed by atoms with Gasteiger partial charge < -0.3 is 10.2 Å². The number of amides is 1. The summed E-state index contributed by atoms with van der Waals surface area (Å²) in [6.07, 6.45) is 1.70. The summed E-state index contributed by atoms with van der Waals surface area (Å²) in [5.74, 6) is 0.756. The van der Waals surface area contributed by atoms with E-state index in [4.69, 9.17) is 0 Å². The van der Waals surface area contributed by atoms with Crippen LogP contribution in [0.2, 0.25) is 0 Å². The second kappa shape index (κ2) is 8.30. The number of rotatable bonds is 6. The van der Waals surface area contributed by atoms with Crippen molar-refractivity contribution in [1.82, 2.24) is 4.98 Å². The summed E-state index contributed by atoms with van der Waals surface area (Å²) in [5.41, 5.74) is 2.56. The Morgan fingerprint density at radius 2 is 1.62 bits per heavy atom. The Morgan fingerprint density at radius 1 is 0.962 bits per heavy atom. The number of nitrogens with zero attached hydrogens (tertiary/aromatic N) is 2. The average Bonchev–Trinajstić information content (AvgIpc) is 2.68. The van der Waals surface area contributed by atoms with Crippen LogP contribution < -0.4 is 10.2 Å². The number of pyridine rings is 1. The lowest BCUT2D eigenvalue weighted by molar-refractivity contribution is 0.102. The summed E-state index contributed by atoms with van der Waals surface area (Å²) in [7, 11) is 0. The van der Waals surface area contributed by atoms with Gasteiger partial charge in [-0.15, -0.1) is 0 Å². The molecule has 0 bridgehead atoms. The summed E-state index contributed by atoms with van der Waals surface area (Å²) in [6, 6.07) is 23.7. The predicted octanol–water partition coefficient (Wildman–Crippen LogP) is 4.75. The van der Waals surface area contributed by atoms with Crippen LogP contribution in [0.4, 0.5) is 11.5 Å². The first-order valence-corrected chi connectivity index (χ1v) is 8.76. The minimum atomic E-state index is -0.134. The number of carbonyl (C=O) groups excluding carboxylic acids is 1. The molecule has 0 spiro atoms.